The number of rotatable bonds is 3. The van der Waals surface area contributed by atoms with Crippen LogP contribution in [0.2, 0.25) is 0 Å². The summed E-state index contributed by atoms with van der Waals surface area (Å²) in [6.07, 6.45) is 2.59. The monoisotopic (exact) mass is 290 g/mol. The van der Waals surface area contributed by atoms with E-state index in [1.54, 1.807) is 0 Å². The van der Waals surface area contributed by atoms with Crippen molar-refractivity contribution in [3.05, 3.63) is 63.9 Å². The van der Waals surface area contributed by atoms with Gasteiger partial charge in [0, 0.05) is 28.8 Å². The van der Waals surface area contributed by atoms with Crippen LogP contribution < -0.4 is 5.73 Å². The summed E-state index contributed by atoms with van der Waals surface area (Å²) in [5.41, 5.74) is 9.59. The van der Waals surface area contributed by atoms with Crippen LogP contribution in [0.15, 0.2) is 47.1 Å². The molecule has 0 aliphatic rings. The minimum Gasteiger partial charge on any atom is -0.324 e. The second kappa shape index (κ2) is 5.43. The number of hydrogen-bond donors (Lipinski definition) is 1. The quantitative estimate of drug-likeness (QED) is 0.941. The first kappa shape index (κ1) is 12.3. The van der Waals surface area contributed by atoms with Crippen LogP contribution >= 0.6 is 15.9 Å². The topological polar surface area (TPSA) is 38.9 Å². The summed E-state index contributed by atoms with van der Waals surface area (Å²) in [4.78, 5) is 4.37. The summed E-state index contributed by atoms with van der Waals surface area (Å²) in [5, 5.41) is 0. The van der Waals surface area contributed by atoms with Crippen LogP contribution in [0.3, 0.4) is 0 Å². The van der Waals surface area contributed by atoms with Crippen molar-refractivity contribution in [2.75, 3.05) is 0 Å². The zero-order chi connectivity index (χ0) is 12.3. The van der Waals surface area contributed by atoms with Gasteiger partial charge in [-0.1, -0.05) is 34.1 Å². The van der Waals surface area contributed by atoms with Gasteiger partial charge in [0.05, 0.1) is 0 Å². The molecule has 1 unspecified atom stereocenters. The predicted molar refractivity (Wildman–Crippen MR) is 73.7 cm³/mol. The molecule has 1 atom stereocenters. The first-order valence-corrected chi connectivity index (χ1v) is 6.37. The molecule has 0 saturated heterocycles. The maximum absolute atomic E-state index is 6.19. The van der Waals surface area contributed by atoms with Crippen LogP contribution in [-0.2, 0) is 6.42 Å². The predicted octanol–water partition coefficient (Wildman–Crippen LogP) is 3.40. The van der Waals surface area contributed by atoms with Gasteiger partial charge in [-0.05, 0) is 36.2 Å². The minimum absolute atomic E-state index is 0.00306. The third-order valence-electron chi connectivity index (χ3n) is 2.83. The molecule has 88 valence electrons. The Morgan fingerprint density at radius 3 is 2.59 bits per heavy atom. The molecule has 0 aliphatic heterocycles. The van der Waals surface area contributed by atoms with Gasteiger partial charge in [0.1, 0.15) is 0 Å². The molecule has 0 fully saturated rings. The fourth-order valence-corrected chi connectivity index (χ4v) is 2.03. The van der Waals surface area contributed by atoms with E-state index in [1.807, 2.05) is 36.5 Å². The van der Waals surface area contributed by atoms with Crippen LogP contribution in [0.5, 0.6) is 0 Å². The van der Waals surface area contributed by atoms with E-state index in [0.29, 0.717) is 0 Å². The van der Waals surface area contributed by atoms with Crippen LogP contribution in [0.25, 0.3) is 0 Å². The second-order valence-corrected chi connectivity index (χ2v) is 5.04. The van der Waals surface area contributed by atoms with E-state index in [2.05, 4.69) is 33.9 Å². The number of hydrogen-bond acceptors (Lipinski definition) is 2. The van der Waals surface area contributed by atoms with Gasteiger partial charge in [-0.15, -0.1) is 0 Å². The number of halogens is 1. The number of nitrogens with two attached hydrogens (primary N) is 1. The van der Waals surface area contributed by atoms with E-state index in [4.69, 9.17) is 5.73 Å². The summed E-state index contributed by atoms with van der Waals surface area (Å²) in [6, 6.07) is 12.1. The Labute approximate surface area is 110 Å². The third kappa shape index (κ3) is 3.14. The highest BCUT2D eigenvalue weighted by Gasteiger charge is 2.09. The number of benzene rings is 1. The van der Waals surface area contributed by atoms with Crippen LogP contribution in [-0.4, -0.2) is 4.98 Å². The summed E-state index contributed by atoms with van der Waals surface area (Å²) >= 11 is 3.42. The fourth-order valence-electron chi connectivity index (χ4n) is 1.77. The summed E-state index contributed by atoms with van der Waals surface area (Å²) in [5.74, 6) is 0. The van der Waals surface area contributed by atoms with E-state index < -0.39 is 0 Å². The molecule has 1 aromatic carbocycles. The Bertz CT molecular complexity index is 494. The minimum atomic E-state index is -0.00306. The van der Waals surface area contributed by atoms with Crippen molar-refractivity contribution in [1.29, 1.82) is 0 Å². The Kier molecular flexibility index (Phi) is 3.92. The van der Waals surface area contributed by atoms with Gasteiger partial charge in [0.2, 0.25) is 0 Å². The molecule has 17 heavy (non-hydrogen) atoms. The number of nitrogens with zero attached hydrogens (tertiary/aromatic N) is 1. The maximum atomic E-state index is 6.19. The molecule has 0 aliphatic carbocycles. The molecule has 1 aromatic heterocycles. The number of pyridine rings is 1. The molecule has 0 saturated carbocycles. The Morgan fingerprint density at radius 1 is 1.24 bits per heavy atom. The van der Waals surface area contributed by atoms with Crippen molar-refractivity contribution in [3.63, 3.8) is 0 Å². The van der Waals surface area contributed by atoms with Gasteiger partial charge >= 0.3 is 0 Å². The zero-order valence-electron chi connectivity index (χ0n) is 9.73. The molecule has 2 N–H and O–H groups in total. The Hall–Kier alpha value is -1.19. The van der Waals surface area contributed by atoms with Crippen molar-refractivity contribution in [2.24, 2.45) is 5.73 Å². The van der Waals surface area contributed by atoms with E-state index in [0.717, 1.165) is 22.2 Å². The van der Waals surface area contributed by atoms with Gasteiger partial charge in [0.25, 0.3) is 0 Å². The SMILES string of the molecule is Cc1cccnc1CC(N)c1ccc(Br)cc1. The molecule has 3 heteroatoms. The summed E-state index contributed by atoms with van der Waals surface area (Å²) in [6.45, 7) is 2.07. The van der Waals surface area contributed by atoms with Gasteiger partial charge in [-0.2, -0.15) is 0 Å². The van der Waals surface area contributed by atoms with E-state index in [9.17, 15) is 0 Å². The molecule has 0 spiro atoms. The van der Waals surface area contributed by atoms with E-state index in [1.165, 1.54) is 5.56 Å². The standard InChI is InChI=1S/C14H15BrN2/c1-10-3-2-8-17-14(10)9-13(16)11-4-6-12(15)7-5-11/h2-8,13H,9,16H2,1H3. The Balaban J connectivity index is 2.14. The number of aryl methyl sites for hydroxylation is 1. The molecule has 0 radical (unpaired) electrons. The summed E-state index contributed by atoms with van der Waals surface area (Å²) < 4.78 is 1.07. The lowest BCUT2D eigenvalue weighted by Crippen LogP contribution is -2.14. The second-order valence-electron chi connectivity index (χ2n) is 4.13. The smallest absolute Gasteiger partial charge is 0.0451 e. The van der Waals surface area contributed by atoms with Gasteiger partial charge in [-0.25, -0.2) is 0 Å². The van der Waals surface area contributed by atoms with Crippen LogP contribution in [0.4, 0.5) is 0 Å². The van der Waals surface area contributed by atoms with Gasteiger partial charge < -0.3 is 5.73 Å². The van der Waals surface area contributed by atoms with Crippen LogP contribution in [0.1, 0.15) is 22.9 Å². The molecular weight excluding hydrogens is 276 g/mol. The van der Waals surface area contributed by atoms with Crippen molar-refractivity contribution in [2.45, 2.75) is 19.4 Å². The summed E-state index contributed by atoms with van der Waals surface area (Å²) in [7, 11) is 0. The van der Waals surface area contributed by atoms with Crippen molar-refractivity contribution in [1.82, 2.24) is 4.98 Å². The lowest BCUT2D eigenvalue weighted by atomic mass is 10.0. The maximum Gasteiger partial charge on any atom is 0.0451 e. The van der Waals surface area contributed by atoms with Crippen molar-refractivity contribution >= 4 is 15.9 Å². The van der Waals surface area contributed by atoms with Gasteiger partial charge in [0.15, 0.2) is 0 Å². The highest BCUT2D eigenvalue weighted by molar-refractivity contribution is 9.10. The molecule has 0 bridgehead atoms. The average molecular weight is 291 g/mol. The highest BCUT2D eigenvalue weighted by atomic mass is 79.9. The average Bonchev–Trinajstić information content (AvgIpc) is 2.33. The lowest BCUT2D eigenvalue weighted by Gasteiger charge is -2.13. The molecule has 2 nitrogen and oxygen atoms in total. The van der Waals surface area contributed by atoms with Crippen LogP contribution in [0, 0.1) is 6.92 Å². The third-order valence-corrected chi connectivity index (χ3v) is 3.36. The fraction of sp³-hybridized carbons (Fsp3) is 0.214. The first-order valence-electron chi connectivity index (χ1n) is 5.58. The van der Waals surface area contributed by atoms with Crippen molar-refractivity contribution in [3.8, 4) is 0 Å². The lowest BCUT2D eigenvalue weighted by molar-refractivity contribution is 0.702. The van der Waals surface area contributed by atoms with E-state index in [-0.39, 0.29) is 6.04 Å². The Morgan fingerprint density at radius 2 is 1.94 bits per heavy atom. The molecule has 1 heterocycles. The van der Waals surface area contributed by atoms with E-state index >= 15 is 0 Å². The number of aromatic nitrogens is 1. The molecular formula is C14H15BrN2. The largest absolute Gasteiger partial charge is 0.324 e. The first-order chi connectivity index (χ1) is 8.16. The molecule has 0 amide bonds. The van der Waals surface area contributed by atoms with Crippen molar-refractivity contribution < 1.29 is 0 Å². The molecule has 2 rings (SSSR count). The highest BCUT2D eigenvalue weighted by Crippen LogP contribution is 2.19. The normalized spacial score (nSPS) is 12.4. The zero-order valence-corrected chi connectivity index (χ0v) is 11.3. The van der Waals surface area contributed by atoms with Gasteiger partial charge in [-0.3, -0.25) is 4.98 Å². The molecule has 2 aromatic rings.